The third kappa shape index (κ3) is 8.96. The fourth-order valence-electron chi connectivity index (χ4n) is 6.15. The Balaban J connectivity index is 1.86. The van der Waals surface area contributed by atoms with Crippen molar-refractivity contribution in [2.24, 2.45) is 0 Å². The van der Waals surface area contributed by atoms with E-state index in [1.165, 1.54) is 53.7 Å². The van der Waals surface area contributed by atoms with Crippen molar-refractivity contribution in [1.29, 1.82) is 0 Å². The molecule has 0 saturated carbocycles. The minimum Gasteiger partial charge on any atom is -0.427 e. The SMILES string of the molecule is CC(=O)Oc1ccc(/C=C2/c3cc(OC(C)=O)cc(OC(C)=O)c3[C@H](c3cc(OC(C)=O)cc(OC(C)=O)c3)[C@H]2c2ccc(OC(C)=O)cc2)cc1. The quantitative estimate of drug-likeness (QED) is 0.134. The minimum atomic E-state index is -0.716. The van der Waals surface area contributed by atoms with Crippen molar-refractivity contribution in [3.63, 3.8) is 0 Å². The number of carbonyl (C=O) groups excluding carboxylic acids is 6. The molecule has 0 heterocycles. The second-order valence-corrected chi connectivity index (χ2v) is 11.9. The van der Waals surface area contributed by atoms with E-state index in [4.69, 9.17) is 28.4 Å². The summed E-state index contributed by atoms with van der Waals surface area (Å²) < 4.78 is 32.7. The first-order valence-electron chi connectivity index (χ1n) is 16.0. The average Bonchev–Trinajstić information content (AvgIpc) is 3.34. The maximum absolute atomic E-state index is 12.6. The Hall–Kier alpha value is -6.56. The van der Waals surface area contributed by atoms with Gasteiger partial charge in [-0.25, -0.2) is 0 Å². The molecule has 12 heteroatoms. The van der Waals surface area contributed by atoms with Gasteiger partial charge in [0.2, 0.25) is 0 Å². The molecule has 0 fully saturated rings. The third-order valence-electron chi connectivity index (χ3n) is 7.67. The van der Waals surface area contributed by atoms with E-state index in [9.17, 15) is 28.8 Å². The molecule has 0 saturated heterocycles. The van der Waals surface area contributed by atoms with Crippen molar-refractivity contribution in [2.75, 3.05) is 0 Å². The van der Waals surface area contributed by atoms with Crippen LogP contribution in [0.3, 0.4) is 0 Å². The minimum absolute atomic E-state index is 0.0910. The second kappa shape index (κ2) is 15.5. The van der Waals surface area contributed by atoms with Crippen molar-refractivity contribution in [3.8, 4) is 34.5 Å². The Morgan fingerprint density at radius 3 is 1.33 bits per heavy atom. The molecule has 0 aliphatic heterocycles. The van der Waals surface area contributed by atoms with Gasteiger partial charge >= 0.3 is 35.8 Å². The Morgan fingerprint density at radius 2 is 0.865 bits per heavy atom. The van der Waals surface area contributed by atoms with E-state index < -0.39 is 47.7 Å². The highest BCUT2D eigenvalue weighted by Crippen LogP contribution is 2.59. The number of hydrogen-bond donors (Lipinski definition) is 0. The second-order valence-electron chi connectivity index (χ2n) is 11.9. The number of benzene rings is 4. The molecule has 5 rings (SSSR count). The summed E-state index contributed by atoms with van der Waals surface area (Å²) in [5.41, 5.74) is 3.65. The Kier molecular flexibility index (Phi) is 11.0. The van der Waals surface area contributed by atoms with Gasteiger partial charge in [-0.1, -0.05) is 30.3 Å². The van der Waals surface area contributed by atoms with Crippen molar-refractivity contribution in [1.82, 2.24) is 0 Å². The number of fused-ring (bicyclic) bond motifs is 1. The van der Waals surface area contributed by atoms with Crippen LogP contribution in [0, 0.1) is 0 Å². The van der Waals surface area contributed by atoms with Gasteiger partial charge in [0.25, 0.3) is 0 Å². The Bertz CT molecular complexity index is 2080. The summed E-state index contributed by atoms with van der Waals surface area (Å²) >= 11 is 0. The van der Waals surface area contributed by atoms with Gasteiger partial charge in [-0.3, -0.25) is 28.8 Å². The van der Waals surface area contributed by atoms with Crippen molar-refractivity contribution < 1.29 is 57.2 Å². The molecule has 0 amide bonds. The lowest BCUT2D eigenvalue weighted by Crippen LogP contribution is -2.12. The largest absolute Gasteiger partial charge is 0.427 e. The van der Waals surface area contributed by atoms with Gasteiger partial charge in [-0.2, -0.15) is 0 Å². The van der Waals surface area contributed by atoms with E-state index in [1.54, 1.807) is 66.7 Å². The smallest absolute Gasteiger partial charge is 0.308 e. The van der Waals surface area contributed by atoms with E-state index in [-0.39, 0.29) is 23.0 Å². The molecule has 0 radical (unpaired) electrons. The van der Waals surface area contributed by atoms with Gasteiger partial charge in [0.05, 0.1) is 0 Å². The van der Waals surface area contributed by atoms with E-state index in [0.717, 1.165) is 5.56 Å². The molecule has 1 aliphatic carbocycles. The summed E-state index contributed by atoms with van der Waals surface area (Å²) in [4.78, 5) is 72.2. The summed E-state index contributed by atoms with van der Waals surface area (Å²) in [6.45, 7) is 7.54. The van der Waals surface area contributed by atoms with E-state index in [1.807, 2.05) is 6.08 Å². The molecule has 0 aromatic heterocycles. The number of rotatable bonds is 9. The molecular weight excluding hydrogens is 672 g/mol. The maximum Gasteiger partial charge on any atom is 0.308 e. The first-order chi connectivity index (χ1) is 24.7. The molecule has 0 unspecified atom stereocenters. The lowest BCUT2D eigenvalue weighted by atomic mass is 9.79. The summed E-state index contributed by atoms with van der Waals surface area (Å²) in [6, 6.07) is 21.4. The summed E-state index contributed by atoms with van der Waals surface area (Å²) in [5, 5.41) is 0. The van der Waals surface area contributed by atoms with Crippen LogP contribution in [0.2, 0.25) is 0 Å². The highest BCUT2D eigenvalue weighted by atomic mass is 16.6. The van der Waals surface area contributed by atoms with Crippen LogP contribution >= 0.6 is 0 Å². The van der Waals surface area contributed by atoms with Crippen LogP contribution in [0.25, 0.3) is 11.6 Å². The standard InChI is InChI=1S/C40H34O12/c1-21(41)47-30-11-7-27(8-12-30)15-35-36-19-34(51-25(5)45)20-37(52-26(6)46)40(36)39(38(35)28-9-13-31(14-10-28)48-22(2)42)29-16-32(49-23(3)43)18-33(17-29)50-24(4)44/h7-20,38-39H,1-6H3/b35-15-/t38-,39+/m0/s1. The molecule has 0 bridgehead atoms. The van der Waals surface area contributed by atoms with E-state index >= 15 is 0 Å². The van der Waals surface area contributed by atoms with Crippen LogP contribution < -0.4 is 28.4 Å². The lowest BCUT2D eigenvalue weighted by molar-refractivity contribution is -0.133. The van der Waals surface area contributed by atoms with Gasteiger partial charge < -0.3 is 28.4 Å². The number of ether oxygens (including phenoxy) is 6. The molecule has 1 aliphatic rings. The number of hydrogen-bond acceptors (Lipinski definition) is 12. The fraction of sp³-hybridized carbons (Fsp3) is 0.200. The van der Waals surface area contributed by atoms with Crippen molar-refractivity contribution >= 4 is 47.5 Å². The van der Waals surface area contributed by atoms with Crippen LogP contribution in [-0.2, 0) is 28.8 Å². The predicted octanol–water partition coefficient (Wildman–Crippen LogP) is 6.71. The Labute approximate surface area is 298 Å². The molecule has 266 valence electrons. The number of esters is 6. The monoisotopic (exact) mass is 706 g/mol. The Morgan fingerprint density at radius 1 is 0.442 bits per heavy atom. The summed E-state index contributed by atoms with van der Waals surface area (Å²) in [7, 11) is 0. The van der Waals surface area contributed by atoms with Gasteiger partial charge in [0, 0.05) is 71.1 Å². The zero-order valence-electron chi connectivity index (χ0n) is 29.1. The molecule has 4 aromatic carbocycles. The van der Waals surface area contributed by atoms with Crippen molar-refractivity contribution in [3.05, 3.63) is 107 Å². The van der Waals surface area contributed by atoms with E-state index in [2.05, 4.69) is 0 Å². The van der Waals surface area contributed by atoms with E-state index in [0.29, 0.717) is 39.3 Å². The first-order valence-corrected chi connectivity index (χ1v) is 16.0. The number of allylic oxidation sites excluding steroid dienone is 1. The normalized spacial score (nSPS) is 15.2. The average molecular weight is 707 g/mol. The van der Waals surface area contributed by atoms with Gasteiger partial charge in [0.1, 0.15) is 34.5 Å². The highest BCUT2D eigenvalue weighted by Gasteiger charge is 2.42. The predicted molar refractivity (Wildman–Crippen MR) is 186 cm³/mol. The van der Waals surface area contributed by atoms with Gasteiger partial charge in [0.15, 0.2) is 0 Å². The fourth-order valence-corrected chi connectivity index (χ4v) is 6.15. The molecule has 0 N–H and O–H groups in total. The highest BCUT2D eigenvalue weighted by molar-refractivity contribution is 5.94. The molecule has 0 spiro atoms. The topological polar surface area (TPSA) is 158 Å². The van der Waals surface area contributed by atoms with Crippen molar-refractivity contribution in [2.45, 2.75) is 53.4 Å². The van der Waals surface area contributed by atoms with Crippen LogP contribution in [0.5, 0.6) is 34.5 Å². The molecule has 12 nitrogen and oxygen atoms in total. The summed E-state index contributed by atoms with van der Waals surface area (Å²) in [5.74, 6) is -3.73. The lowest BCUT2D eigenvalue weighted by Gasteiger charge is -2.25. The zero-order chi connectivity index (χ0) is 37.7. The summed E-state index contributed by atoms with van der Waals surface area (Å²) in [6.07, 6.45) is 1.89. The number of carbonyl (C=O) groups is 6. The maximum atomic E-state index is 12.6. The zero-order valence-corrected chi connectivity index (χ0v) is 29.1. The molecule has 2 atom stereocenters. The van der Waals surface area contributed by atoms with Crippen LogP contribution in [0.15, 0.2) is 78.9 Å². The van der Waals surface area contributed by atoms with Gasteiger partial charge in [-0.05, 0) is 70.3 Å². The van der Waals surface area contributed by atoms with Gasteiger partial charge in [-0.15, -0.1) is 0 Å². The van der Waals surface area contributed by atoms with Crippen LogP contribution in [0.1, 0.15) is 81.2 Å². The van der Waals surface area contributed by atoms with Crippen LogP contribution in [-0.4, -0.2) is 35.8 Å². The first kappa shape index (κ1) is 36.7. The molecule has 52 heavy (non-hydrogen) atoms. The molecular formula is C40H34O12. The third-order valence-corrected chi connectivity index (χ3v) is 7.67. The molecule has 4 aromatic rings. The van der Waals surface area contributed by atoms with Crippen LogP contribution in [0.4, 0.5) is 0 Å².